The SMILES string of the molecule is CC1CCN(C2CCCCCCCCC2)CC1C. The molecular formula is C17H33N. The molecule has 0 bridgehead atoms. The number of rotatable bonds is 1. The summed E-state index contributed by atoms with van der Waals surface area (Å²) < 4.78 is 0. The average Bonchev–Trinajstić information content (AvgIpc) is 2.39. The zero-order chi connectivity index (χ0) is 12.8. The van der Waals surface area contributed by atoms with Crippen molar-refractivity contribution in [1.29, 1.82) is 0 Å². The second-order valence-electron chi connectivity index (χ2n) is 6.94. The molecule has 0 amide bonds. The van der Waals surface area contributed by atoms with Crippen LogP contribution in [0.1, 0.15) is 78.1 Å². The van der Waals surface area contributed by atoms with E-state index in [1.807, 2.05) is 0 Å². The molecule has 1 heterocycles. The lowest BCUT2D eigenvalue weighted by Gasteiger charge is -2.40. The fourth-order valence-corrected chi connectivity index (χ4v) is 3.78. The monoisotopic (exact) mass is 251 g/mol. The lowest BCUT2D eigenvalue weighted by Crippen LogP contribution is -2.44. The summed E-state index contributed by atoms with van der Waals surface area (Å²) in [5.41, 5.74) is 0. The molecule has 2 rings (SSSR count). The van der Waals surface area contributed by atoms with Crippen molar-refractivity contribution >= 4 is 0 Å². The lowest BCUT2D eigenvalue weighted by atomic mass is 9.86. The number of nitrogens with zero attached hydrogens (tertiary/aromatic N) is 1. The van der Waals surface area contributed by atoms with Crippen LogP contribution in [-0.4, -0.2) is 24.0 Å². The molecule has 2 atom stereocenters. The molecule has 2 aliphatic rings. The van der Waals surface area contributed by atoms with Gasteiger partial charge in [-0.05, 0) is 37.6 Å². The van der Waals surface area contributed by atoms with E-state index in [1.165, 1.54) is 77.3 Å². The van der Waals surface area contributed by atoms with Crippen molar-refractivity contribution in [1.82, 2.24) is 4.90 Å². The van der Waals surface area contributed by atoms with Gasteiger partial charge in [0, 0.05) is 12.6 Å². The summed E-state index contributed by atoms with van der Waals surface area (Å²) >= 11 is 0. The van der Waals surface area contributed by atoms with Crippen LogP contribution in [0.4, 0.5) is 0 Å². The number of hydrogen-bond donors (Lipinski definition) is 0. The Morgan fingerprint density at radius 3 is 1.78 bits per heavy atom. The van der Waals surface area contributed by atoms with E-state index < -0.39 is 0 Å². The fourth-order valence-electron chi connectivity index (χ4n) is 3.78. The van der Waals surface area contributed by atoms with Gasteiger partial charge in [-0.3, -0.25) is 0 Å². The molecule has 0 aromatic rings. The van der Waals surface area contributed by atoms with Crippen molar-refractivity contribution in [3.8, 4) is 0 Å². The maximum Gasteiger partial charge on any atom is 0.00953 e. The van der Waals surface area contributed by atoms with E-state index in [-0.39, 0.29) is 0 Å². The van der Waals surface area contributed by atoms with E-state index in [1.54, 1.807) is 0 Å². The van der Waals surface area contributed by atoms with Crippen molar-refractivity contribution in [3.63, 3.8) is 0 Å². The van der Waals surface area contributed by atoms with Crippen LogP contribution in [0.25, 0.3) is 0 Å². The highest BCUT2D eigenvalue weighted by Gasteiger charge is 2.27. The van der Waals surface area contributed by atoms with Crippen LogP contribution in [0.5, 0.6) is 0 Å². The third-order valence-electron chi connectivity index (χ3n) is 5.46. The number of piperidine rings is 1. The van der Waals surface area contributed by atoms with Crippen LogP contribution >= 0.6 is 0 Å². The molecule has 1 aliphatic carbocycles. The summed E-state index contributed by atoms with van der Waals surface area (Å²) in [6.45, 7) is 7.63. The largest absolute Gasteiger partial charge is 0.300 e. The van der Waals surface area contributed by atoms with Crippen molar-refractivity contribution in [2.24, 2.45) is 11.8 Å². The quantitative estimate of drug-likeness (QED) is 0.643. The highest BCUT2D eigenvalue weighted by Crippen LogP contribution is 2.28. The molecule has 0 aromatic carbocycles. The molecule has 1 aliphatic heterocycles. The second-order valence-corrected chi connectivity index (χ2v) is 6.94. The zero-order valence-electron chi connectivity index (χ0n) is 12.7. The molecule has 1 heteroatoms. The Kier molecular flexibility index (Phi) is 6.01. The van der Waals surface area contributed by atoms with Gasteiger partial charge in [0.2, 0.25) is 0 Å². The van der Waals surface area contributed by atoms with Gasteiger partial charge in [0.05, 0.1) is 0 Å². The molecule has 0 spiro atoms. The average molecular weight is 251 g/mol. The van der Waals surface area contributed by atoms with E-state index >= 15 is 0 Å². The van der Waals surface area contributed by atoms with E-state index in [0.717, 1.165) is 17.9 Å². The summed E-state index contributed by atoms with van der Waals surface area (Å²) in [5.74, 6) is 1.86. The van der Waals surface area contributed by atoms with Gasteiger partial charge in [-0.25, -0.2) is 0 Å². The summed E-state index contributed by atoms with van der Waals surface area (Å²) in [7, 11) is 0. The first-order valence-corrected chi connectivity index (χ1v) is 8.51. The maximum atomic E-state index is 2.84. The molecule has 1 saturated heterocycles. The van der Waals surface area contributed by atoms with E-state index in [2.05, 4.69) is 18.7 Å². The minimum Gasteiger partial charge on any atom is -0.300 e. The Morgan fingerprint density at radius 1 is 0.667 bits per heavy atom. The molecule has 0 N–H and O–H groups in total. The molecule has 2 fully saturated rings. The van der Waals surface area contributed by atoms with Crippen LogP contribution in [0.2, 0.25) is 0 Å². The summed E-state index contributed by atoms with van der Waals surface area (Å²) in [4.78, 5) is 2.84. The lowest BCUT2D eigenvalue weighted by molar-refractivity contribution is 0.0833. The zero-order valence-corrected chi connectivity index (χ0v) is 12.7. The Labute approximate surface area is 114 Å². The van der Waals surface area contributed by atoms with Crippen molar-refractivity contribution in [2.75, 3.05) is 13.1 Å². The topological polar surface area (TPSA) is 3.24 Å². The van der Waals surface area contributed by atoms with E-state index in [4.69, 9.17) is 0 Å². The van der Waals surface area contributed by atoms with Crippen LogP contribution in [0.15, 0.2) is 0 Å². The van der Waals surface area contributed by atoms with E-state index in [0.29, 0.717) is 0 Å². The normalized spacial score (nSPS) is 34.3. The molecule has 0 radical (unpaired) electrons. The van der Waals surface area contributed by atoms with E-state index in [9.17, 15) is 0 Å². The van der Waals surface area contributed by atoms with Gasteiger partial charge >= 0.3 is 0 Å². The molecule has 1 saturated carbocycles. The molecule has 2 unspecified atom stereocenters. The Bertz CT molecular complexity index is 216. The Morgan fingerprint density at radius 2 is 1.22 bits per heavy atom. The van der Waals surface area contributed by atoms with Gasteiger partial charge in [-0.2, -0.15) is 0 Å². The summed E-state index contributed by atoms with van der Waals surface area (Å²) in [6.07, 6.45) is 14.8. The first kappa shape index (κ1) is 14.4. The summed E-state index contributed by atoms with van der Waals surface area (Å²) in [6, 6.07) is 0.915. The number of likely N-dealkylation sites (tertiary alicyclic amines) is 1. The minimum absolute atomic E-state index is 0.911. The van der Waals surface area contributed by atoms with Crippen LogP contribution in [-0.2, 0) is 0 Å². The molecule has 0 aromatic heterocycles. The summed E-state index contributed by atoms with van der Waals surface area (Å²) in [5, 5.41) is 0. The Hall–Kier alpha value is -0.0400. The van der Waals surface area contributed by atoms with Crippen LogP contribution in [0, 0.1) is 11.8 Å². The van der Waals surface area contributed by atoms with Crippen molar-refractivity contribution in [3.05, 3.63) is 0 Å². The van der Waals surface area contributed by atoms with Gasteiger partial charge in [0.15, 0.2) is 0 Å². The highest BCUT2D eigenvalue weighted by molar-refractivity contribution is 4.81. The molecule has 106 valence electrons. The van der Waals surface area contributed by atoms with Gasteiger partial charge in [0.1, 0.15) is 0 Å². The second kappa shape index (κ2) is 7.53. The predicted molar refractivity (Wildman–Crippen MR) is 79.9 cm³/mol. The molecule has 18 heavy (non-hydrogen) atoms. The third kappa shape index (κ3) is 4.26. The molecular weight excluding hydrogens is 218 g/mol. The predicted octanol–water partition coefficient (Wildman–Crippen LogP) is 4.86. The fraction of sp³-hybridized carbons (Fsp3) is 1.00. The molecule has 1 nitrogen and oxygen atoms in total. The van der Waals surface area contributed by atoms with Crippen molar-refractivity contribution < 1.29 is 0 Å². The Balaban J connectivity index is 1.83. The maximum absolute atomic E-state index is 2.84. The smallest absolute Gasteiger partial charge is 0.00953 e. The van der Waals surface area contributed by atoms with Crippen molar-refractivity contribution in [2.45, 2.75) is 84.1 Å². The highest BCUT2D eigenvalue weighted by atomic mass is 15.2. The minimum atomic E-state index is 0.911. The first-order valence-electron chi connectivity index (χ1n) is 8.51. The first-order chi connectivity index (χ1) is 8.77. The van der Waals surface area contributed by atoms with Gasteiger partial charge in [-0.1, -0.05) is 58.8 Å². The third-order valence-corrected chi connectivity index (χ3v) is 5.46. The van der Waals surface area contributed by atoms with Gasteiger partial charge in [0.25, 0.3) is 0 Å². The van der Waals surface area contributed by atoms with Crippen LogP contribution < -0.4 is 0 Å². The number of hydrogen-bond acceptors (Lipinski definition) is 1. The van der Waals surface area contributed by atoms with Crippen LogP contribution in [0.3, 0.4) is 0 Å². The standard InChI is InChI=1S/C17H33N/c1-15-12-13-18(14-16(15)2)17-10-8-6-4-3-5-7-9-11-17/h15-17H,3-14H2,1-2H3. The van der Waals surface area contributed by atoms with Gasteiger partial charge < -0.3 is 4.90 Å². The van der Waals surface area contributed by atoms with Gasteiger partial charge in [-0.15, -0.1) is 0 Å².